The van der Waals surface area contributed by atoms with Crippen molar-refractivity contribution in [2.75, 3.05) is 5.32 Å². The molecule has 2 amide bonds. The summed E-state index contributed by atoms with van der Waals surface area (Å²) < 4.78 is 28.1. The topological polar surface area (TPSA) is 76.0 Å². The number of aromatic nitrogens is 2. The molecule has 32 heavy (non-hydrogen) atoms. The molecule has 0 bridgehead atoms. The van der Waals surface area contributed by atoms with Crippen LogP contribution in [0.15, 0.2) is 85.1 Å². The second kappa shape index (κ2) is 9.22. The maximum atomic E-state index is 13.9. The van der Waals surface area contributed by atoms with Gasteiger partial charge in [-0.15, -0.1) is 0 Å². The molecule has 0 saturated heterocycles. The SMILES string of the molecule is O=C(NCc1ccc(F)cc1)c1ccc(NC(=O)c2ccn(-c3ccccc3F)n2)cc1. The largest absolute Gasteiger partial charge is 0.348 e. The van der Waals surface area contributed by atoms with Crippen molar-refractivity contribution in [2.45, 2.75) is 6.54 Å². The summed E-state index contributed by atoms with van der Waals surface area (Å²) in [4.78, 5) is 24.7. The zero-order valence-electron chi connectivity index (χ0n) is 16.8. The highest BCUT2D eigenvalue weighted by Crippen LogP contribution is 2.14. The molecule has 160 valence electrons. The van der Waals surface area contributed by atoms with E-state index in [1.165, 1.54) is 35.1 Å². The van der Waals surface area contributed by atoms with Gasteiger partial charge in [-0.05, 0) is 60.2 Å². The molecule has 0 saturated carbocycles. The molecule has 0 aliphatic heterocycles. The predicted molar refractivity (Wildman–Crippen MR) is 115 cm³/mol. The van der Waals surface area contributed by atoms with E-state index in [4.69, 9.17) is 0 Å². The van der Waals surface area contributed by atoms with E-state index in [0.29, 0.717) is 11.3 Å². The fraction of sp³-hybridized carbons (Fsp3) is 0.0417. The molecular weight excluding hydrogens is 414 g/mol. The lowest BCUT2D eigenvalue weighted by atomic mass is 10.1. The monoisotopic (exact) mass is 432 g/mol. The number of rotatable bonds is 6. The van der Waals surface area contributed by atoms with Gasteiger partial charge in [-0.2, -0.15) is 5.10 Å². The number of hydrogen-bond acceptors (Lipinski definition) is 3. The van der Waals surface area contributed by atoms with Crippen molar-refractivity contribution < 1.29 is 18.4 Å². The van der Waals surface area contributed by atoms with Gasteiger partial charge in [0.05, 0.1) is 0 Å². The third-order valence-electron chi connectivity index (χ3n) is 4.69. The molecule has 4 rings (SSSR count). The molecule has 3 aromatic carbocycles. The van der Waals surface area contributed by atoms with Crippen LogP contribution in [0.5, 0.6) is 0 Å². The summed E-state index contributed by atoms with van der Waals surface area (Å²) in [6.45, 7) is 0.266. The Kier molecular flexibility index (Phi) is 6.03. The average molecular weight is 432 g/mol. The lowest BCUT2D eigenvalue weighted by Gasteiger charge is -2.07. The van der Waals surface area contributed by atoms with Gasteiger partial charge in [-0.1, -0.05) is 24.3 Å². The summed E-state index contributed by atoms with van der Waals surface area (Å²) in [6, 6.07) is 19.8. The minimum absolute atomic E-state index is 0.120. The number of nitrogens with zero attached hydrogens (tertiary/aromatic N) is 2. The highest BCUT2D eigenvalue weighted by Gasteiger charge is 2.13. The molecule has 0 atom stereocenters. The number of carbonyl (C=O) groups excluding carboxylic acids is 2. The Labute approximate surface area is 182 Å². The van der Waals surface area contributed by atoms with Gasteiger partial charge in [0.2, 0.25) is 0 Å². The third-order valence-corrected chi connectivity index (χ3v) is 4.69. The van der Waals surface area contributed by atoms with Crippen LogP contribution in [-0.2, 0) is 6.54 Å². The van der Waals surface area contributed by atoms with Crippen LogP contribution in [0.1, 0.15) is 26.4 Å². The first-order chi connectivity index (χ1) is 15.5. The number of halogens is 2. The third kappa shape index (κ3) is 4.86. The zero-order valence-corrected chi connectivity index (χ0v) is 16.8. The Hall–Kier alpha value is -4.33. The first kappa shape index (κ1) is 20.9. The van der Waals surface area contributed by atoms with Crippen molar-refractivity contribution in [1.82, 2.24) is 15.1 Å². The van der Waals surface area contributed by atoms with Gasteiger partial charge in [-0.3, -0.25) is 9.59 Å². The molecule has 0 unspecified atom stereocenters. The van der Waals surface area contributed by atoms with Crippen LogP contribution < -0.4 is 10.6 Å². The van der Waals surface area contributed by atoms with E-state index in [2.05, 4.69) is 15.7 Å². The van der Waals surface area contributed by atoms with Crippen LogP contribution in [0.25, 0.3) is 5.69 Å². The molecule has 0 radical (unpaired) electrons. The smallest absolute Gasteiger partial charge is 0.276 e. The number of anilines is 1. The number of carbonyl (C=O) groups is 2. The van der Waals surface area contributed by atoms with Crippen LogP contribution >= 0.6 is 0 Å². The molecule has 0 spiro atoms. The standard InChI is InChI=1S/C24H18F2N4O2/c25-18-9-5-16(6-10-18)15-27-23(31)17-7-11-19(12-8-17)28-24(32)21-13-14-30(29-21)22-4-2-1-3-20(22)26/h1-14H,15H2,(H,27,31)(H,28,32). The van der Waals surface area contributed by atoms with Gasteiger partial charge in [0.1, 0.15) is 17.3 Å². The Bertz CT molecular complexity index is 1250. The molecule has 0 fully saturated rings. The van der Waals surface area contributed by atoms with Crippen molar-refractivity contribution in [3.63, 3.8) is 0 Å². The molecule has 1 heterocycles. The van der Waals surface area contributed by atoms with Gasteiger partial charge in [0.15, 0.2) is 5.69 Å². The summed E-state index contributed by atoms with van der Waals surface area (Å²) in [6.07, 6.45) is 1.50. The Morgan fingerprint density at radius 1 is 0.844 bits per heavy atom. The van der Waals surface area contributed by atoms with E-state index in [1.807, 2.05) is 0 Å². The number of nitrogens with one attached hydrogen (secondary N) is 2. The maximum Gasteiger partial charge on any atom is 0.276 e. The normalized spacial score (nSPS) is 10.6. The van der Waals surface area contributed by atoms with E-state index in [0.717, 1.165) is 5.56 Å². The molecule has 8 heteroatoms. The second-order valence-corrected chi connectivity index (χ2v) is 6.94. The minimum atomic E-state index is -0.464. The first-order valence-corrected chi connectivity index (χ1v) is 9.74. The van der Waals surface area contributed by atoms with Crippen LogP contribution in [0.4, 0.5) is 14.5 Å². The summed E-state index contributed by atoms with van der Waals surface area (Å²) in [5.41, 5.74) is 2.02. The van der Waals surface area contributed by atoms with Crippen molar-refractivity contribution in [3.05, 3.63) is 114 Å². The lowest BCUT2D eigenvalue weighted by Crippen LogP contribution is -2.22. The van der Waals surface area contributed by atoms with E-state index in [9.17, 15) is 18.4 Å². The van der Waals surface area contributed by atoms with Crippen molar-refractivity contribution in [2.24, 2.45) is 0 Å². The van der Waals surface area contributed by atoms with E-state index in [1.54, 1.807) is 54.6 Å². The van der Waals surface area contributed by atoms with Gasteiger partial charge in [0, 0.05) is 24.0 Å². The number of benzene rings is 3. The zero-order chi connectivity index (χ0) is 22.5. The average Bonchev–Trinajstić information content (AvgIpc) is 3.29. The van der Waals surface area contributed by atoms with E-state index >= 15 is 0 Å². The van der Waals surface area contributed by atoms with Crippen LogP contribution in [0, 0.1) is 11.6 Å². The van der Waals surface area contributed by atoms with Gasteiger partial charge >= 0.3 is 0 Å². The van der Waals surface area contributed by atoms with Crippen molar-refractivity contribution in [3.8, 4) is 5.69 Å². The fourth-order valence-corrected chi connectivity index (χ4v) is 3.00. The Balaban J connectivity index is 1.36. The predicted octanol–water partition coefficient (Wildman–Crippen LogP) is 4.33. The fourth-order valence-electron chi connectivity index (χ4n) is 3.00. The van der Waals surface area contributed by atoms with Gasteiger partial charge < -0.3 is 10.6 Å². The highest BCUT2D eigenvalue weighted by molar-refractivity contribution is 6.03. The summed E-state index contributed by atoms with van der Waals surface area (Å²) in [7, 11) is 0. The molecular formula is C24H18F2N4O2. The van der Waals surface area contributed by atoms with E-state index < -0.39 is 11.7 Å². The number of hydrogen-bond donors (Lipinski definition) is 2. The summed E-state index contributed by atoms with van der Waals surface area (Å²) in [5.74, 6) is -1.54. The molecule has 0 aliphatic rings. The Morgan fingerprint density at radius 3 is 2.28 bits per heavy atom. The molecule has 1 aromatic heterocycles. The minimum Gasteiger partial charge on any atom is -0.348 e. The lowest BCUT2D eigenvalue weighted by molar-refractivity contribution is 0.0950. The first-order valence-electron chi connectivity index (χ1n) is 9.74. The van der Waals surface area contributed by atoms with Crippen molar-refractivity contribution >= 4 is 17.5 Å². The molecule has 0 aliphatic carbocycles. The van der Waals surface area contributed by atoms with Crippen LogP contribution in [0.3, 0.4) is 0 Å². The Morgan fingerprint density at radius 2 is 1.56 bits per heavy atom. The molecule has 6 nitrogen and oxygen atoms in total. The maximum absolute atomic E-state index is 13.9. The second-order valence-electron chi connectivity index (χ2n) is 6.94. The molecule has 4 aromatic rings. The molecule has 2 N–H and O–H groups in total. The van der Waals surface area contributed by atoms with Crippen LogP contribution in [0.2, 0.25) is 0 Å². The van der Waals surface area contributed by atoms with Gasteiger partial charge in [0.25, 0.3) is 11.8 Å². The van der Waals surface area contributed by atoms with E-state index in [-0.39, 0.29) is 29.7 Å². The van der Waals surface area contributed by atoms with Crippen molar-refractivity contribution in [1.29, 1.82) is 0 Å². The van der Waals surface area contributed by atoms with Gasteiger partial charge in [-0.25, -0.2) is 13.5 Å². The number of para-hydroxylation sites is 1. The van der Waals surface area contributed by atoms with Crippen LogP contribution in [-0.4, -0.2) is 21.6 Å². The number of amides is 2. The quantitative estimate of drug-likeness (QED) is 0.476. The highest BCUT2D eigenvalue weighted by atomic mass is 19.1. The summed E-state index contributed by atoms with van der Waals surface area (Å²) in [5, 5.41) is 9.56. The summed E-state index contributed by atoms with van der Waals surface area (Å²) >= 11 is 0.